The molecule has 1 unspecified atom stereocenters. The SMILES string of the molecule is CC(NC(N)=NCc1cnc(N(C)C)n1C)c1ccc(Cl)cc1Cl.I. The summed E-state index contributed by atoms with van der Waals surface area (Å²) in [5, 5.41) is 4.33. The third-order valence-corrected chi connectivity index (χ3v) is 4.23. The van der Waals surface area contributed by atoms with Gasteiger partial charge in [0.15, 0.2) is 5.96 Å². The Kier molecular flexibility index (Phi) is 8.30. The molecule has 25 heavy (non-hydrogen) atoms. The van der Waals surface area contributed by atoms with E-state index in [2.05, 4.69) is 15.3 Å². The van der Waals surface area contributed by atoms with Gasteiger partial charge in [0, 0.05) is 31.2 Å². The molecule has 1 heterocycles. The highest BCUT2D eigenvalue weighted by Gasteiger charge is 2.11. The molecule has 2 aromatic rings. The van der Waals surface area contributed by atoms with E-state index >= 15 is 0 Å². The second-order valence-electron chi connectivity index (χ2n) is 5.74. The molecule has 6 nitrogen and oxygen atoms in total. The first kappa shape index (κ1) is 21.9. The Hall–Kier alpha value is -1.19. The van der Waals surface area contributed by atoms with E-state index in [9.17, 15) is 0 Å². The smallest absolute Gasteiger partial charge is 0.204 e. The Morgan fingerprint density at radius 3 is 2.64 bits per heavy atom. The van der Waals surface area contributed by atoms with Gasteiger partial charge in [-0.15, -0.1) is 24.0 Å². The second-order valence-corrected chi connectivity index (χ2v) is 6.58. The van der Waals surface area contributed by atoms with Gasteiger partial charge in [-0.1, -0.05) is 29.3 Å². The summed E-state index contributed by atoms with van der Waals surface area (Å²) in [6.07, 6.45) is 1.80. The predicted octanol–water partition coefficient (Wildman–Crippen LogP) is 3.58. The van der Waals surface area contributed by atoms with Crippen molar-refractivity contribution < 1.29 is 0 Å². The largest absolute Gasteiger partial charge is 0.370 e. The van der Waals surface area contributed by atoms with Crippen LogP contribution in [0.15, 0.2) is 29.4 Å². The lowest BCUT2D eigenvalue weighted by Crippen LogP contribution is -2.34. The number of aliphatic imine (C=N–C) groups is 1. The lowest BCUT2D eigenvalue weighted by molar-refractivity contribution is 0.705. The standard InChI is InChI=1S/C16H22Cl2N6.HI/c1-10(13-6-5-11(17)7-14(13)18)22-15(19)20-8-12-9-21-16(23(2)3)24(12)4;/h5-7,9-10H,8H2,1-4H3,(H3,19,20,22);1H. The molecule has 2 rings (SSSR count). The Bertz CT molecular complexity index is 744. The van der Waals surface area contributed by atoms with Gasteiger partial charge in [0.05, 0.1) is 24.5 Å². The summed E-state index contributed by atoms with van der Waals surface area (Å²) in [6.45, 7) is 2.41. The quantitative estimate of drug-likeness (QED) is 0.377. The van der Waals surface area contributed by atoms with Gasteiger partial charge in [-0.2, -0.15) is 0 Å². The maximum absolute atomic E-state index is 6.21. The molecule has 0 saturated heterocycles. The van der Waals surface area contributed by atoms with Gasteiger partial charge in [-0.05, 0) is 24.6 Å². The molecule has 1 atom stereocenters. The van der Waals surface area contributed by atoms with Gasteiger partial charge >= 0.3 is 0 Å². The fourth-order valence-corrected chi connectivity index (χ4v) is 2.93. The fraction of sp³-hybridized carbons (Fsp3) is 0.375. The van der Waals surface area contributed by atoms with Crippen LogP contribution in [-0.4, -0.2) is 29.6 Å². The minimum Gasteiger partial charge on any atom is -0.370 e. The number of nitrogens with two attached hydrogens (primary N) is 1. The fourth-order valence-electron chi connectivity index (χ4n) is 2.36. The normalized spacial score (nSPS) is 12.5. The number of rotatable bonds is 5. The van der Waals surface area contributed by atoms with Crippen molar-refractivity contribution >= 4 is 59.1 Å². The van der Waals surface area contributed by atoms with Crippen molar-refractivity contribution in [2.45, 2.75) is 19.5 Å². The number of halogens is 3. The van der Waals surface area contributed by atoms with Crippen molar-refractivity contribution in [1.82, 2.24) is 14.9 Å². The topological polar surface area (TPSA) is 71.5 Å². The zero-order chi connectivity index (χ0) is 17.9. The molecule has 0 bridgehead atoms. The first-order chi connectivity index (χ1) is 11.3. The molecule has 0 spiro atoms. The number of benzene rings is 1. The Balaban J connectivity index is 0.00000312. The summed E-state index contributed by atoms with van der Waals surface area (Å²) in [4.78, 5) is 10.7. The minimum atomic E-state index is -0.0811. The molecule has 9 heteroatoms. The van der Waals surface area contributed by atoms with E-state index in [1.54, 1.807) is 18.3 Å². The van der Waals surface area contributed by atoms with Crippen molar-refractivity contribution in [2.75, 3.05) is 19.0 Å². The number of imidazole rings is 1. The zero-order valence-electron chi connectivity index (χ0n) is 14.6. The number of nitrogens with one attached hydrogen (secondary N) is 1. The average molecular weight is 497 g/mol. The highest BCUT2D eigenvalue weighted by atomic mass is 127. The highest BCUT2D eigenvalue weighted by Crippen LogP contribution is 2.25. The van der Waals surface area contributed by atoms with E-state index in [1.807, 2.05) is 43.6 Å². The third kappa shape index (κ3) is 5.65. The molecule has 0 amide bonds. The van der Waals surface area contributed by atoms with Crippen molar-refractivity contribution in [3.8, 4) is 0 Å². The summed E-state index contributed by atoms with van der Waals surface area (Å²) < 4.78 is 1.98. The van der Waals surface area contributed by atoms with Crippen LogP contribution in [0, 0.1) is 0 Å². The van der Waals surface area contributed by atoms with E-state index in [0.29, 0.717) is 22.5 Å². The summed E-state index contributed by atoms with van der Waals surface area (Å²) in [5.74, 6) is 1.22. The maximum atomic E-state index is 6.21. The molecular weight excluding hydrogens is 474 g/mol. The lowest BCUT2D eigenvalue weighted by atomic mass is 10.1. The zero-order valence-corrected chi connectivity index (χ0v) is 18.5. The summed E-state index contributed by atoms with van der Waals surface area (Å²) >= 11 is 12.1. The monoisotopic (exact) mass is 496 g/mol. The van der Waals surface area contributed by atoms with E-state index in [-0.39, 0.29) is 30.0 Å². The third-order valence-electron chi connectivity index (χ3n) is 3.66. The second kappa shape index (κ2) is 9.49. The number of aromatic nitrogens is 2. The molecule has 0 saturated carbocycles. The molecule has 3 N–H and O–H groups in total. The maximum Gasteiger partial charge on any atom is 0.204 e. The number of guanidine groups is 1. The first-order valence-corrected chi connectivity index (χ1v) is 8.24. The predicted molar refractivity (Wildman–Crippen MR) is 116 cm³/mol. The molecular formula is C16H23Cl2IN6. The number of hydrogen-bond acceptors (Lipinski definition) is 3. The lowest BCUT2D eigenvalue weighted by Gasteiger charge is -2.16. The van der Waals surface area contributed by atoms with E-state index in [0.717, 1.165) is 17.2 Å². The van der Waals surface area contributed by atoms with Crippen LogP contribution in [0.3, 0.4) is 0 Å². The molecule has 0 aliphatic rings. The van der Waals surface area contributed by atoms with E-state index in [4.69, 9.17) is 28.9 Å². The van der Waals surface area contributed by atoms with Crippen LogP contribution in [0.2, 0.25) is 10.0 Å². The highest BCUT2D eigenvalue weighted by molar-refractivity contribution is 14.0. The van der Waals surface area contributed by atoms with E-state index < -0.39 is 0 Å². The van der Waals surface area contributed by atoms with Crippen LogP contribution < -0.4 is 16.0 Å². The first-order valence-electron chi connectivity index (χ1n) is 7.49. The van der Waals surface area contributed by atoms with Crippen molar-refractivity contribution in [3.63, 3.8) is 0 Å². The Labute approximate surface area is 175 Å². The summed E-state index contributed by atoms with van der Waals surface area (Å²) in [7, 11) is 5.85. The number of anilines is 1. The van der Waals surface area contributed by atoms with Crippen LogP contribution in [0.25, 0.3) is 0 Å². The van der Waals surface area contributed by atoms with Crippen LogP contribution in [0.1, 0.15) is 24.2 Å². The van der Waals surface area contributed by atoms with Gasteiger partial charge in [0.2, 0.25) is 5.95 Å². The molecule has 0 aliphatic carbocycles. The van der Waals surface area contributed by atoms with Gasteiger partial charge in [0.25, 0.3) is 0 Å². The van der Waals surface area contributed by atoms with Gasteiger partial charge < -0.3 is 20.5 Å². The van der Waals surface area contributed by atoms with Crippen LogP contribution in [0.4, 0.5) is 5.95 Å². The van der Waals surface area contributed by atoms with Gasteiger partial charge in [-0.3, -0.25) is 0 Å². The van der Waals surface area contributed by atoms with Gasteiger partial charge in [-0.25, -0.2) is 9.98 Å². The van der Waals surface area contributed by atoms with Gasteiger partial charge in [0.1, 0.15) is 0 Å². The molecule has 0 aliphatic heterocycles. The number of nitrogens with zero attached hydrogens (tertiary/aromatic N) is 4. The minimum absolute atomic E-state index is 0. The summed E-state index contributed by atoms with van der Waals surface area (Å²) in [6, 6.07) is 5.30. The van der Waals surface area contributed by atoms with E-state index in [1.165, 1.54) is 0 Å². The molecule has 1 aromatic heterocycles. The molecule has 0 radical (unpaired) electrons. The Morgan fingerprint density at radius 2 is 2.08 bits per heavy atom. The van der Waals surface area contributed by atoms with Crippen molar-refractivity contribution in [2.24, 2.45) is 17.8 Å². The number of hydrogen-bond donors (Lipinski definition) is 2. The van der Waals surface area contributed by atoms with Crippen LogP contribution in [0.5, 0.6) is 0 Å². The van der Waals surface area contributed by atoms with Crippen LogP contribution >= 0.6 is 47.2 Å². The molecule has 0 fully saturated rings. The Morgan fingerprint density at radius 1 is 1.40 bits per heavy atom. The van der Waals surface area contributed by atoms with Crippen LogP contribution in [-0.2, 0) is 13.6 Å². The average Bonchev–Trinajstić information content (AvgIpc) is 2.86. The molecule has 138 valence electrons. The molecule has 1 aromatic carbocycles. The van der Waals surface area contributed by atoms with Crippen molar-refractivity contribution in [1.29, 1.82) is 0 Å². The summed E-state index contributed by atoms with van der Waals surface area (Å²) in [5.41, 5.74) is 7.87. The van der Waals surface area contributed by atoms with Crippen molar-refractivity contribution in [3.05, 3.63) is 45.7 Å².